The minimum atomic E-state index is -1.22. The van der Waals surface area contributed by atoms with E-state index in [1.54, 1.807) is 12.1 Å². The summed E-state index contributed by atoms with van der Waals surface area (Å²) >= 11 is 0. The number of aliphatic hydroxyl groups excluding tert-OH is 1. The Balaban J connectivity index is 1.72. The Morgan fingerprint density at radius 3 is 2.97 bits per heavy atom. The quantitative estimate of drug-likeness (QED) is 0.453. The second kappa shape index (κ2) is 8.68. The van der Waals surface area contributed by atoms with Crippen LogP contribution in [0.3, 0.4) is 0 Å². The lowest BCUT2D eigenvalue weighted by atomic mass is 10.0. The number of fused-ring (bicyclic) bond motifs is 1. The molecule has 10 heteroatoms. The van der Waals surface area contributed by atoms with E-state index in [0.29, 0.717) is 17.9 Å². The lowest BCUT2D eigenvalue weighted by Gasteiger charge is -2.27. The number of hydrogen-bond acceptors (Lipinski definition) is 7. The van der Waals surface area contributed by atoms with Gasteiger partial charge in [0.1, 0.15) is 11.6 Å². The molecule has 1 fully saturated rings. The summed E-state index contributed by atoms with van der Waals surface area (Å²) in [5.41, 5.74) is 1.33. The molecule has 3 aromatic rings. The van der Waals surface area contributed by atoms with Gasteiger partial charge < -0.3 is 14.7 Å². The predicted octanol–water partition coefficient (Wildman–Crippen LogP) is 1.71. The highest BCUT2D eigenvalue weighted by Crippen LogP contribution is 2.35. The number of methoxy groups -OCH3 is 1. The van der Waals surface area contributed by atoms with Crippen molar-refractivity contribution in [1.82, 2.24) is 14.6 Å². The molecular weight excluding hydrogens is 405 g/mol. The van der Waals surface area contributed by atoms with Gasteiger partial charge in [-0.1, -0.05) is 12.1 Å². The molecule has 0 aliphatic carbocycles. The average molecular weight is 427 g/mol. The standard InChI is InChI=1S/C21H22FN5O4/c1-31-21(30)17(12-28)26(13-29)20-11-23-18-7-8-19(24-27(18)20)25-9-3-6-16(25)14-4-2-5-15(22)10-14/h2,4-5,7-8,10-11,13,16-17,28H,3,6,9,12H2,1H3/t16-,17-/m1/s1. The molecule has 0 bridgehead atoms. The van der Waals surface area contributed by atoms with Crippen LogP contribution < -0.4 is 9.80 Å². The number of imidazole rings is 1. The van der Waals surface area contributed by atoms with Crippen molar-refractivity contribution >= 4 is 29.7 Å². The number of amides is 1. The lowest BCUT2D eigenvalue weighted by Crippen LogP contribution is -2.44. The Kier molecular flexibility index (Phi) is 5.81. The molecule has 3 heterocycles. The fourth-order valence-corrected chi connectivity index (χ4v) is 3.98. The molecule has 162 valence electrons. The van der Waals surface area contributed by atoms with Gasteiger partial charge in [0.2, 0.25) is 6.41 Å². The van der Waals surface area contributed by atoms with E-state index in [0.717, 1.165) is 29.8 Å². The molecule has 31 heavy (non-hydrogen) atoms. The molecule has 4 rings (SSSR count). The van der Waals surface area contributed by atoms with Crippen LogP contribution >= 0.6 is 0 Å². The van der Waals surface area contributed by atoms with Gasteiger partial charge in [0.15, 0.2) is 17.5 Å². The fourth-order valence-electron chi connectivity index (χ4n) is 3.98. The Hall–Kier alpha value is -3.53. The number of aliphatic hydroxyl groups is 1. The number of benzene rings is 1. The maximum atomic E-state index is 13.8. The van der Waals surface area contributed by atoms with E-state index in [-0.39, 0.29) is 17.7 Å². The monoisotopic (exact) mass is 427 g/mol. The third-order valence-corrected chi connectivity index (χ3v) is 5.47. The van der Waals surface area contributed by atoms with Crippen molar-refractivity contribution in [2.24, 2.45) is 0 Å². The van der Waals surface area contributed by atoms with Crippen LogP contribution in [0.15, 0.2) is 42.6 Å². The van der Waals surface area contributed by atoms with Gasteiger partial charge in [-0.25, -0.2) is 14.2 Å². The van der Waals surface area contributed by atoms with E-state index < -0.39 is 18.6 Å². The number of rotatable bonds is 7. The van der Waals surface area contributed by atoms with E-state index in [1.165, 1.54) is 30.0 Å². The van der Waals surface area contributed by atoms with Crippen molar-refractivity contribution in [3.8, 4) is 0 Å². The van der Waals surface area contributed by atoms with Crippen LogP contribution in [-0.2, 0) is 14.3 Å². The lowest BCUT2D eigenvalue weighted by molar-refractivity contribution is -0.143. The Morgan fingerprint density at radius 2 is 2.26 bits per heavy atom. The minimum Gasteiger partial charge on any atom is -0.467 e. The Bertz CT molecular complexity index is 1100. The number of hydrogen-bond donors (Lipinski definition) is 1. The summed E-state index contributed by atoms with van der Waals surface area (Å²) in [4.78, 5) is 31.1. The first-order chi connectivity index (χ1) is 15.1. The van der Waals surface area contributed by atoms with Crippen molar-refractivity contribution < 1.29 is 23.8 Å². The molecule has 0 radical (unpaired) electrons. The topological polar surface area (TPSA) is 100 Å². The Labute approximate surface area is 177 Å². The van der Waals surface area contributed by atoms with Crippen LogP contribution in [0.2, 0.25) is 0 Å². The van der Waals surface area contributed by atoms with Crippen LogP contribution in [0.1, 0.15) is 24.4 Å². The zero-order valence-corrected chi connectivity index (χ0v) is 16.9. The largest absolute Gasteiger partial charge is 0.467 e. The van der Waals surface area contributed by atoms with Gasteiger partial charge >= 0.3 is 5.97 Å². The zero-order chi connectivity index (χ0) is 22.0. The first-order valence-corrected chi connectivity index (χ1v) is 9.86. The summed E-state index contributed by atoms with van der Waals surface area (Å²) in [6.07, 6.45) is 3.61. The zero-order valence-electron chi connectivity index (χ0n) is 16.9. The third kappa shape index (κ3) is 3.81. The van der Waals surface area contributed by atoms with Gasteiger partial charge in [-0.2, -0.15) is 4.52 Å². The normalized spacial score (nSPS) is 17.0. The van der Waals surface area contributed by atoms with E-state index >= 15 is 0 Å². The van der Waals surface area contributed by atoms with E-state index in [2.05, 4.69) is 19.7 Å². The van der Waals surface area contributed by atoms with Crippen LogP contribution in [0.25, 0.3) is 5.65 Å². The molecular formula is C21H22FN5O4. The molecule has 0 spiro atoms. The molecule has 1 amide bonds. The molecule has 1 saturated heterocycles. The summed E-state index contributed by atoms with van der Waals surface area (Å²) in [5.74, 6) is -0.198. The van der Waals surface area contributed by atoms with Gasteiger partial charge in [0.25, 0.3) is 0 Å². The SMILES string of the molecule is COC(=O)[C@@H](CO)N(C=O)c1cnc2ccc(N3CCC[C@@H]3c3cccc(F)c3)nn12. The van der Waals surface area contributed by atoms with E-state index in [4.69, 9.17) is 0 Å². The first-order valence-electron chi connectivity index (χ1n) is 9.86. The third-order valence-electron chi connectivity index (χ3n) is 5.47. The predicted molar refractivity (Wildman–Crippen MR) is 110 cm³/mol. The molecule has 1 aromatic carbocycles. The number of aromatic nitrogens is 3. The number of anilines is 2. The summed E-state index contributed by atoms with van der Waals surface area (Å²) in [7, 11) is 1.18. The van der Waals surface area contributed by atoms with Crippen molar-refractivity contribution in [3.05, 3.63) is 54.0 Å². The summed E-state index contributed by atoms with van der Waals surface area (Å²) in [6, 6.07) is 8.84. The van der Waals surface area contributed by atoms with Crippen LogP contribution in [0.4, 0.5) is 16.0 Å². The van der Waals surface area contributed by atoms with Gasteiger partial charge in [0, 0.05) is 6.54 Å². The molecule has 9 nitrogen and oxygen atoms in total. The van der Waals surface area contributed by atoms with Gasteiger partial charge in [-0.05, 0) is 42.7 Å². The highest BCUT2D eigenvalue weighted by molar-refractivity contribution is 5.88. The number of esters is 1. The van der Waals surface area contributed by atoms with Crippen molar-refractivity contribution in [2.45, 2.75) is 24.9 Å². The van der Waals surface area contributed by atoms with Crippen LogP contribution in [0.5, 0.6) is 0 Å². The maximum absolute atomic E-state index is 13.8. The maximum Gasteiger partial charge on any atom is 0.331 e. The number of halogens is 1. The first kappa shape index (κ1) is 20.7. The summed E-state index contributed by atoms with van der Waals surface area (Å²) in [6.45, 7) is 0.120. The highest BCUT2D eigenvalue weighted by atomic mass is 19.1. The van der Waals surface area contributed by atoms with Gasteiger partial charge in [-0.15, -0.1) is 5.10 Å². The van der Waals surface area contributed by atoms with Crippen LogP contribution in [-0.4, -0.2) is 58.4 Å². The van der Waals surface area contributed by atoms with E-state index in [9.17, 15) is 19.1 Å². The number of carbonyl (C=O) groups excluding carboxylic acids is 2. The smallest absolute Gasteiger partial charge is 0.331 e. The minimum absolute atomic E-state index is 0.0324. The summed E-state index contributed by atoms with van der Waals surface area (Å²) in [5, 5.41) is 14.3. The number of ether oxygens (including phenoxy) is 1. The molecule has 1 N–H and O–H groups in total. The highest BCUT2D eigenvalue weighted by Gasteiger charge is 2.30. The molecule has 1 aliphatic rings. The molecule has 0 unspecified atom stereocenters. The van der Waals surface area contributed by atoms with Crippen LogP contribution in [0, 0.1) is 5.82 Å². The number of carbonyl (C=O) groups is 2. The fraction of sp³-hybridized carbons (Fsp3) is 0.333. The second-order valence-corrected chi connectivity index (χ2v) is 7.22. The van der Waals surface area contributed by atoms with E-state index in [1.807, 2.05) is 12.1 Å². The molecule has 2 aromatic heterocycles. The van der Waals surface area contributed by atoms with Crippen molar-refractivity contribution in [2.75, 3.05) is 30.1 Å². The second-order valence-electron chi connectivity index (χ2n) is 7.22. The molecule has 0 saturated carbocycles. The van der Waals surface area contributed by atoms with Crippen molar-refractivity contribution in [3.63, 3.8) is 0 Å². The van der Waals surface area contributed by atoms with Crippen molar-refractivity contribution in [1.29, 1.82) is 0 Å². The van der Waals surface area contributed by atoms with Gasteiger partial charge in [0.05, 0.1) is 26.0 Å². The number of nitrogens with zero attached hydrogens (tertiary/aromatic N) is 5. The molecule has 2 atom stereocenters. The average Bonchev–Trinajstić information content (AvgIpc) is 3.44. The molecule has 1 aliphatic heterocycles. The van der Waals surface area contributed by atoms with Gasteiger partial charge in [-0.3, -0.25) is 9.69 Å². The Morgan fingerprint density at radius 1 is 1.42 bits per heavy atom. The summed E-state index contributed by atoms with van der Waals surface area (Å²) < 4.78 is 19.9.